The molecule has 158 valence electrons. The van der Waals surface area contributed by atoms with E-state index in [-0.39, 0.29) is 28.8 Å². The smallest absolute Gasteiger partial charge is 0.271 e. The van der Waals surface area contributed by atoms with Gasteiger partial charge in [0.05, 0.1) is 17.7 Å². The predicted octanol–water partition coefficient (Wildman–Crippen LogP) is 4.00. The summed E-state index contributed by atoms with van der Waals surface area (Å²) in [5.74, 6) is -0.534. The molecule has 0 atom stereocenters. The molecule has 3 rings (SSSR count). The Morgan fingerprint density at radius 2 is 1.81 bits per heavy atom. The number of nitrogens with zero attached hydrogens (tertiary/aromatic N) is 2. The number of hydrogen-bond acceptors (Lipinski definition) is 5. The Morgan fingerprint density at radius 1 is 1.13 bits per heavy atom. The normalized spacial score (nSPS) is 10.5. The second-order valence-electron chi connectivity index (χ2n) is 7.18. The van der Waals surface area contributed by atoms with Crippen LogP contribution in [-0.2, 0) is 13.0 Å². The predicted molar refractivity (Wildman–Crippen MR) is 118 cm³/mol. The lowest BCUT2D eigenvalue weighted by molar-refractivity contribution is 0.103. The van der Waals surface area contributed by atoms with Crippen molar-refractivity contribution in [3.63, 3.8) is 0 Å². The highest BCUT2D eigenvalue weighted by atomic mass is 16.5. The van der Waals surface area contributed by atoms with Gasteiger partial charge < -0.3 is 9.84 Å². The van der Waals surface area contributed by atoms with Crippen molar-refractivity contribution in [2.45, 2.75) is 33.2 Å². The number of aryl methyl sites for hydroxylation is 1. The van der Waals surface area contributed by atoms with Gasteiger partial charge in [0, 0.05) is 6.54 Å². The molecular formula is C25H24N2O4. The molecule has 0 unspecified atom stereocenters. The molecule has 0 fully saturated rings. The molecule has 0 saturated heterocycles. The molecule has 0 aliphatic carbocycles. The average molecular weight is 416 g/mol. The van der Waals surface area contributed by atoms with Gasteiger partial charge in [-0.05, 0) is 43.0 Å². The second-order valence-corrected chi connectivity index (χ2v) is 7.18. The summed E-state index contributed by atoms with van der Waals surface area (Å²) in [6.07, 6.45) is 1.24. The first kappa shape index (κ1) is 21.8. The molecule has 6 nitrogen and oxygen atoms in total. The number of carbonyl (C=O) groups is 1. The maximum Gasteiger partial charge on any atom is 0.271 e. The minimum atomic E-state index is -0.611. The molecule has 1 heterocycles. The Bertz CT molecular complexity index is 1190. The van der Waals surface area contributed by atoms with Gasteiger partial charge >= 0.3 is 0 Å². The Balaban J connectivity index is 2.09. The molecule has 1 N–H and O–H groups in total. The third kappa shape index (κ3) is 4.51. The fraction of sp³-hybridized carbons (Fsp3) is 0.240. The van der Waals surface area contributed by atoms with E-state index in [1.54, 1.807) is 24.3 Å². The van der Waals surface area contributed by atoms with Crippen LogP contribution in [0.3, 0.4) is 0 Å². The summed E-state index contributed by atoms with van der Waals surface area (Å²) >= 11 is 0. The van der Waals surface area contributed by atoms with Crippen LogP contribution >= 0.6 is 0 Å². The Morgan fingerprint density at radius 3 is 2.48 bits per heavy atom. The summed E-state index contributed by atoms with van der Waals surface area (Å²) in [7, 11) is 0. The fourth-order valence-corrected chi connectivity index (χ4v) is 3.44. The zero-order chi connectivity index (χ0) is 22.4. The van der Waals surface area contributed by atoms with E-state index in [0.717, 1.165) is 16.6 Å². The van der Waals surface area contributed by atoms with Gasteiger partial charge in [-0.1, -0.05) is 49.4 Å². The zero-order valence-corrected chi connectivity index (χ0v) is 17.6. The summed E-state index contributed by atoms with van der Waals surface area (Å²) < 4.78 is 6.79. The number of ether oxygens (including phenoxy) is 1. The Labute approximate surface area is 181 Å². The van der Waals surface area contributed by atoms with Gasteiger partial charge in [0.15, 0.2) is 0 Å². The van der Waals surface area contributed by atoms with Crippen molar-refractivity contribution in [3.8, 4) is 17.7 Å². The van der Waals surface area contributed by atoms with Gasteiger partial charge in [-0.15, -0.1) is 0 Å². The van der Waals surface area contributed by atoms with Crippen LogP contribution in [0, 0.1) is 18.3 Å². The highest BCUT2D eigenvalue weighted by Crippen LogP contribution is 2.29. The SMILES string of the molecule is CCCOc1ccccc1C(=O)c1c(C)c(C#N)c(=O)n(CCc2ccccc2)c1O. The lowest BCUT2D eigenvalue weighted by Crippen LogP contribution is -2.27. The maximum absolute atomic E-state index is 13.4. The number of nitriles is 1. The van der Waals surface area contributed by atoms with E-state index in [2.05, 4.69) is 0 Å². The maximum atomic E-state index is 13.4. The monoisotopic (exact) mass is 416 g/mol. The van der Waals surface area contributed by atoms with E-state index in [0.29, 0.717) is 18.8 Å². The molecule has 2 aromatic carbocycles. The molecule has 0 bridgehead atoms. The number of hydrogen-bond donors (Lipinski definition) is 1. The van der Waals surface area contributed by atoms with Crippen LogP contribution in [0.25, 0.3) is 0 Å². The summed E-state index contributed by atoms with van der Waals surface area (Å²) in [5, 5.41) is 20.5. The van der Waals surface area contributed by atoms with Gasteiger partial charge in [-0.25, -0.2) is 0 Å². The van der Waals surface area contributed by atoms with Crippen LogP contribution in [0.15, 0.2) is 59.4 Å². The highest BCUT2D eigenvalue weighted by molar-refractivity contribution is 6.13. The van der Waals surface area contributed by atoms with E-state index >= 15 is 0 Å². The molecule has 0 spiro atoms. The van der Waals surface area contributed by atoms with Crippen LogP contribution < -0.4 is 10.3 Å². The molecular weight excluding hydrogens is 392 g/mol. The van der Waals surface area contributed by atoms with Crippen molar-refractivity contribution in [1.29, 1.82) is 5.26 Å². The van der Waals surface area contributed by atoms with E-state index < -0.39 is 17.2 Å². The van der Waals surface area contributed by atoms with Crippen LogP contribution in [0.5, 0.6) is 11.6 Å². The van der Waals surface area contributed by atoms with Crippen molar-refractivity contribution < 1.29 is 14.6 Å². The average Bonchev–Trinajstić information content (AvgIpc) is 2.78. The van der Waals surface area contributed by atoms with Crippen molar-refractivity contribution in [2.24, 2.45) is 0 Å². The molecule has 0 radical (unpaired) electrons. The summed E-state index contributed by atoms with van der Waals surface area (Å²) in [4.78, 5) is 26.2. The highest BCUT2D eigenvalue weighted by Gasteiger charge is 2.26. The van der Waals surface area contributed by atoms with Crippen LogP contribution in [0.1, 0.15) is 46.0 Å². The zero-order valence-electron chi connectivity index (χ0n) is 17.6. The number of ketones is 1. The first-order chi connectivity index (χ1) is 15.0. The minimum absolute atomic E-state index is 0.0586. The van der Waals surface area contributed by atoms with E-state index in [9.17, 15) is 20.0 Å². The number of carbonyl (C=O) groups excluding carboxylic acids is 1. The summed E-state index contributed by atoms with van der Waals surface area (Å²) in [6.45, 7) is 4.04. The molecule has 0 saturated carbocycles. The molecule has 0 aliphatic heterocycles. The number of aromatic hydroxyl groups is 1. The third-order valence-corrected chi connectivity index (χ3v) is 5.09. The standard InChI is InChI=1S/C25H24N2O4/c1-3-15-31-21-12-8-7-11-19(21)23(28)22-17(2)20(16-26)24(29)27(25(22)30)14-13-18-9-5-4-6-10-18/h4-12,30H,3,13-15H2,1-2H3. The first-order valence-electron chi connectivity index (χ1n) is 10.2. The van der Waals surface area contributed by atoms with E-state index in [1.165, 1.54) is 6.92 Å². The molecule has 0 aliphatic rings. The number of pyridine rings is 1. The van der Waals surface area contributed by atoms with Crippen molar-refractivity contribution in [3.05, 3.63) is 92.8 Å². The van der Waals surface area contributed by atoms with Crippen LogP contribution in [-0.4, -0.2) is 22.1 Å². The molecule has 31 heavy (non-hydrogen) atoms. The van der Waals surface area contributed by atoms with Crippen molar-refractivity contribution in [1.82, 2.24) is 4.57 Å². The number of benzene rings is 2. The van der Waals surface area contributed by atoms with E-state index in [4.69, 9.17) is 4.74 Å². The quantitative estimate of drug-likeness (QED) is 0.561. The summed E-state index contributed by atoms with van der Waals surface area (Å²) in [6, 6.07) is 18.1. The molecule has 3 aromatic rings. The third-order valence-electron chi connectivity index (χ3n) is 5.09. The molecule has 0 amide bonds. The van der Waals surface area contributed by atoms with Crippen LogP contribution in [0.4, 0.5) is 0 Å². The lowest BCUT2D eigenvalue weighted by Gasteiger charge is -2.17. The van der Waals surface area contributed by atoms with Gasteiger partial charge in [-0.2, -0.15) is 5.26 Å². The Hall–Kier alpha value is -3.85. The summed E-state index contributed by atoms with van der Waals surface area (Å²) in [5.41, 5.74) is 0.584. The molecule has 6 heteroatoms. The van der Waals surface area contributed by atoms with Crippen LogP contribution in [0.2, 0.25) is 0 Å². The van der Waals surface area contributed by atoms with Gasteiger partial charge in [0.2, 0.25) is 11.7 Å². The topological polar surface area (TPSA) is 92.3 Å². The minimum Gasteiger partial charge on any atom is -0.494 e. The van der Waals surface area contributed by atoms with Gasteiger partial charge in [-0.3, -0.25) is 14.2 Å². The Kier molecular flexibility index (Phi) is 6.88. The second kappa shape index (κ2) is 9.77. The number of rotatable bonds is 8. The lowest BCUT2D eigenvalue weighted by atomic mass is 9.96. The van der Waals surface area contributed by atoms with Gasteiger partial charge in [0.25, 0.3) is 5.56 Å². The fourth-order valence-electron chi connectivity index (χ4n) is 3.44. The first-order valence-corrected chi connectivity index (χ1v) is 10.2. The van der Waals surface area contributed by atoms with Crippen molar-refractivity contribution in [2.75, 3.05) is 6.61 Å². The van der Waals surface area contributed by atoms with E-state index in [1.807, 2.05) is 43.3 Å². The largest absolute Gasteiger partial charge is 0.494 e. The van der Waals surface area contributed by atoms with Gasteiger partial charge in [0.1, 0.15) is 17.4 Å². The molecule has 1 aromatic heterocycles. The number of para-hydroxylation sites is 1. The van der Waals surface area contributed by atoms with Crippen molar-refractivity contribution >= 4 is 5.78 Å². The number of aromatic nitrogens is 1.